The van der Waals surface area contributed by atoms with Crippen LogP contribution in [0.25, 0.3) is 33.3 Å². The molecule has 1 unspecified atom stereocenters. The Morgan fingerprint density at radius 1 is 0.887 bits per heavy atom. The van der Waals surface area contributed by atoms with Crippen molar-refractivity contribution in [2.24, 2.45) is 11.8 Å². The zero-order valence-electron chi connectivity index (χ0n) is 32.7. The number of nitrogens with zero attached hydrogens (tertiary/aromatic N) is 4. The fourth-order valence-corrected chi connectivity index (χ4v) is 8.48. The van der Waals surface area contributed by atoms with Crippen molar-refractivity contribution >= 4 is 21.8 Å². The normalized spacial score (nSPS) is 17.4. The minimum atomic E-state index is 0. The van der Waals surface area contributed by atoms with Crippen molar-refractivity contribution < 1.29 is 25.8 Å². The van der Waals surface area contributed by atoms with Gasteiger partial charge in [-0.2, -0.15) is 11.2 Å². The van der Waals surface area contributed by atoms with E-state index in [2.05, 4.69) is 131 Å². The molecule has 7 rings (SSSR count). The molecule has 0 radical (unpaired) electrons. The summed E-state index contributed by atoms with van der Waals surface area (Å²) in [7, 11) is 0. The number of benzene rings is 3. The van der Waals surface area contributed by atoms with Crippen LogP contribution >= 0.6 is 0 Å². The van der Waals surface area contributed by atoms with Crippen molar-refractivity contribution in [1.29, 1.82) is 0 Å². The molecule has 278 valence electrons. The molecule has 0 spiro atoms. The van der Waals surface area contributed by atoms with Gasteiger partial charge in [-0.3, -0.25) is 4.68 Å². The molecule has 1 aliphatic carbocycles. The fourth-order valence-electron chi connectivity index (χ4n) is 8.48. The van der Waals surface area contributed by atoms with Gasteiger partial charge >= 0.3 is 21.1 Å². The standard InChI is InChI=1S/C47H54N4O.Pt/c1-9-11-16-41-47(46-33(7)23-32(6)24-34(46)8)43(17-12-10-2)51(49-41)36-26-35(30(3)4)27-38(28-36)52-37-19-20-40-39-15-13-14-18-42(39)50(44(40)29-37)45-25-31(5)21-22-48-45;/h13-15,18-23,25-27,30,32,34,46H,9-12,16-17,24H2,1-8H3;/q-2;+2/t32-,34-,46?;/m0./s1. The van der Waals surface area contributed by atoms with Gasteiger partial charge in [-0.25, -0.2) is 4.98 Å². The van der Waals surface area contributed by atoms with Crippen molar-refractivity contribution in [2.75, 3.05) is 0 Å². The number of pyridine rings is 1. The first-order valence-electron chi connectivity index (χ1n) is 19.6. The first kappa shape index (κ1) is 38.8. The molecule has 0 saturated heterocycles. The maximum Gasteiger partial charge on any atom is 2.00 e. The van der Waals surface area contributed by atoms with Gasteiger partial charge in [0.25, 0.3) is 0 Å². The van der Waals surface area contributed by atoms with E-state index in [4.69, 9.17) is 14.8 Å². The van der Waals surface area contributed by atoms with Gasteiger partial charge in [0.2, 0.25) is 0 Å². The Morgan fingerprint density at radius 2 is 1.66 bits per heavy atom. The molecular formula is C47H54N4OPt. The number of hydrogen-bond donors (Lipinski definition) is 0. The van der Waals surface area contributed by atoms with Crippen LogP contribution in [0.2, 0.25) is 0 Å². The van der Waals surface area contributed by atoms with Crippen LogP contribution in [0.4, 0.5) is 0 Å². The van der Waals surface area contributed by atoms with E-state index in [1.54, 1.807) is 0 Å². The van der Waals surface area contributed by atoms with Gasteiger partial charge < -0.3 is 9.30 Å². The molecule has 0 fully saturated rings. The molecule has 3 heterocycles. The zero-order chi connectivity index (χ0) is 36.5. The number of ether oxygens (including phenoxy) is 1. The predicted octanol–water partition coefficient (Wildman–Crippen LogP) is 12.6. The molecule has 0 N–H and O–H groups in total. The van der Waals surface area contributed by atoms with Crippen LogP contribution < -0.4 is 4.74 Å². The van der Waals surface area contributed by atoms with E-state index in [0.717, 1.165) is 72.0 Å². The Bertz CT molecular complexity index is 2240. The number of fused-ring (bicyclic) bond motifs is 3. The Labute approximate surface area is 331 Å². The Balaban J connectivity index is 0.00000481. The largest absolute Gasteiger partial charge is 2.00 e. The minimum Gasteiger partial charge on any atom is -0.509 e. The molecule has 3 aromatic carbocycles. The van der Waals surface area contributed by atoms with Crippen molar-refractivity contribution in [3.8, 4) is 23.0 Å². The van der Waals surface area contributed by atoms with Crippen molar-refractivity contribution in [3.05, 3.63) is 119 Å². The monoisotopic (exact) mass is 885 g/mol. The molecule has 53 heavy (non-hydrogen) atoms. The van der Waals surface area contributed by atoms with Gasteiger partial charge in [-0.05, 0) is 98.5 Å². The number of allylic oxidation sites excluding steroid dienone is 2. The van der Waals surface area contributed by atoms with Crippen LogP contribution in [0.3, 0.4) is 0 Å². The smallest absolute Gasteiger partial charge is 0.509 e. The van der Waals surface area contributed by atoms with Crippen molar-refractivity contribution in [3.63, 3.8) is 0 Å². The second kappa shape index (κ2) is 16.6. The molecule has 6 heteroatoms. The number of hydrogen-bond acceptors (Lipinski definition) is 3. The molecule has 0 aliphatic heterocycles. The van der Waals surface area contributed by atoms with E-state index in [1.165, 1.54) is 39.9 Å². The molecule has 0 amide bonds. The van der Waals surface area contributed by atoms with E-state index >= 15 is 0 Å². The number of aryl methyl sites for hydroxylation is 2. The third kappa shape index (κ3) is 7.83. The topological polar surface area (TPSA) is 44.9 Å². The molecule has 1 aliphatic rings. The van der Waals surface area contributed by atoms with Crippen LogP contribution in [0.15, 0.2) is 78.5 Å². The van der Waals surface area contributed by atoms with E-state index in [0.29, 0.717) is 35.2 Å². The summed E-state index contributed by atoms with van der Waals surface area (Å²) in [5.41, 5.74) is 10.9. The van der Waals surface area contributed by atoms with E-state index < -0.39 is 0 Å². The molecule has 3 atom stereocenters. The molecule has 5 nitrogen and oxygen atoms in total. The van der Waals surface area contributed by atoms with Crippen molar-refractivity contribution in [2.45, 2.75) is 112 Å². The number of aromatic nitrogens is 4. The summed E-state index contributed by atoms with van der Waals surface area (Å²) >= 11 is 0. The van der Waals surface area contributed by atoms with Gasteiger partial charge in [0, 0.05) is 40.4 Å². The van der Waals surface area contributed by atoms with Gasteiger partial charge in [-0.1, -0.05) is 89.7 Å². The van der Waals surface area contributed by atoms with Gasteiger partial charge in [0.05, 0.1) is 5.69 Å². The first-order valence-corrected chi connectivity index (χ1v) is 19.6. The number of para-hydroxylation sites is 1. The zero-order valence-corrected chi connectivity index (χ0v) is 35.0. The summed E-state index contributed by atoms with van der Waals surface area (Å²) in [5, 5.41) is 7.77. The summed E-state index contributed by atoms with van der Waals surface area (Å²) in [6.45, 7) is 18.3. The molecule has 0 bridgehead atoms. The summed E-state index contributed by atoms with van der Waals surface area (Å²) in [6.07, 6.45) is 12.1. The second-order valence-electron chi connectivity index (χ2n) is 15.6. The van der Waals surface area contributed by atoms with Crippen molar-refractivity contribution in [1.82, 2.24) is 19.3 Å². The van der Waals surface area contributed by atoms with Crippen LogP contribution in [0.1, 0.15) is 120 Å². The number of unbranched alkanes of at least 4 members (excludes halogenated alkanes) is 2. The maximum atomic E-state index is 6.74. The fraction of sp³-hybridized carbons (Fsp3) is 0.404. The number of rotatable bonds is 12. The maximum absolute atomic E-state index is 6.74. The van der Waals surface area contributed by atoms with Crippen LogP contribution in [-0.4, -0.2) is 19.3 Å². The second-order valence-corrected chi connectivity index (χ2v) is 15.6. The van der Waals surface area contributed by atoms with Gasteiger partial charge in [-0.15, -0.1) is 41.3 Å². The van der Waals surface area contributed by atoms with Gasteiger partial charge in [0.1, 0.15) is 5.82 Å². The molecule has 3 aromatic heterocycles. The van der Waals surface area contributed by atoms with Crippen LogP contribution in [0.5, 0.6) is 11.5 Å². The Hall–Kier alpha value is -3.95. The molecular weight excluding hydrogens is 832 g/mol. The van der Waals surface area contributed by atoms with E-state index in [-0.39, 0.29) is 21.1 Å². The summed E-state index contributed by atoms with van der Waals surface area (Å²) < 4.78 is 11.2. The first-order chi connectivity index (χ1) is 25.2. The third-order valence-corrected chi connectivity index (χ3v) is 10.9. The van der Waals surface area contributed by atoms with Crippen LogP contribution in [-0.2, 0) is 33.9 Å². The SMILES string of the molecule is CCCCc1nn(-c2[c-]c(Oc3[c-]c4c(cc3)c3ccccc3n4-c3cc(C)ccn3)cc(C(C)C)c2)c(CCCC)c1C1C(C)=C[C@H](C)C[C@@H]1C.[Pt+2]. The summed E-state index contributed by atoms with van der Waals surface area (Å²) in [4.78, 5) is 4.76. The average molecular weight is 886 g/mol. The van der Waals surface area contributed by atoms with E-state index in [1.807, 2.05) is 18.3 Å². The quantitative estimate of drug-likeness (QED) is 0.0908. The Morgan fingerprint density at radius 3 is 2.40 bits per heavy atom. The Kier molecular flexibility index (Phi) is 12.1. The minimum absolute atomic E-state index is 0. The van der Waals surface area contributed by atoms with Crippen LogP contribution in [0, 0.1) is 30.9 Å². The average Bonchev–Trinajstić information content (AvgIpc) is 3.64. The van der Waals surface area contributed by atoms with Gasteiger partial charge in [0.15, 0.2) is 0 Å². The predicted molar refractivity (Wildman–Crippen MR) is 215 cm³/mol. The summed E-state index contributed by atoms with van der Waals surface area (Å²) in [5.74, 6) is 4.07. The molecule has 6 aromatic rings. The molecule has 0 saturated carbocycles. The van der Waals surface area contributed by atoms with E-state index in [9.17, 15) is 0 Å². The third-order valence-electron chi connectivity index (χ3n) is 10.9. The summed E-state index contributed by atoms with van der Waals surface area (Å²) in [6, 6.07) is 28.6.